The Kier molecular flexibility index (Phi) is 3.86. The second-order valence-electron chi connectivity index (χ2n) is 5.33. The van der Waals surface area contributed by atoms with Gasteiger partial charge in [-0.15, -0.1) is 0 Å². The van der Waals surface area contributed by atoms with E-state index in [-0.39, 0.29) is 17.9 Å². The van der Waals surface area contributed by atoms with Crippen molar-refractivity contribution in [3.8, 4) is 0 Å². The zero-order valence-electron chi connectivity index (χ0n) is 11.8. The van der Waals surface area contributed by atoms with Crippen LogP contribution in [0.1, 0.15) is 12.5 Å². The van der Waals surface area contributed by atoms with Gasteiger partial charge in [-0.3, -0.25) is 9.59 Å². The van der Waals surface area contributed by atoms with Crippen molar-refractivity contribution in [2.75, 3.05) is 18.1 Å². The zero-order chi connectivity index (χ0) is 14.8. The lowest BCUT2D eigenvalue weighted by molar-refractivity contribution is -0.119. The molecule has 1 aromatic carbocycles. The first kappa shape index (κ1) is 14.0. The Bertz CT molecular complexity index is 556. The molecule has 1 atom stereocenters. The van der Waals surface area contributed by atoms with Crippen molar-refractivity contribution >= 4 is 17.5 Å². The number of ether oxygens (including phenoxy) is 2. The molecule has 0 radical (unpaired) electrons. The molecule has 0 N–H and O–H groups in total. The molecule has 5 heteroatoms. The molecule has 2 heterocycles. The predicted molar refractivity (Wildman–Crippen MR) is 76.6 cm³/mol. The Hall–Kier alpha value is -1.98. The third-order valence-electron chi connectivity index (χ3n) is 3.84. The van der Waals surface area contributed by atoms with Crippen LogP contribution in [0.25, 0.3) is 0 Å². The Morgan fingerprint density at radius 3 is 2.33 bits per heavy atom. The van der Waals surface area contributed by atoms with Crippen molar-refractivity contribution in [2.24, 2.45) is 5.92 Å². The molecule has 0 aromatic heterocycles. The summed E-state index contributed by atoms with van der Waals surface area (Å²) < 4.78 is 10.9. The maximum absolute atomic E-state index is 11.6. The summed E-state index contributed by atoms with van der Waals surface area (Å²) in [7, 11) is 0. The van der Waals surface area contributed by atoms with E-state index in [2.05, 4.69) is 6.92 Å². The van der Waals surface area contributed by atoms with Gasteiger partial charge in [0.2, 0.25) is 0 Å². The van der Waals surface area contributed by atoms with Crippen molar-refractivity contribution in [3.05, 3.63) is 42.0 Å². The Balaban J connectivity index is 1.59. The molecule has 0 saturated carbocycles. The van der Waals surface area contributed by atoms with Crippen LogP contribution < -0.4 is 4.90 Å². The summed E-state index contributed by atoms with van der Waals surface area (Å²) in [6.07, 6.45) is 2.73. The van der Waals surface area contributed by atoms with Crippen molar-refractivity contribution in [2.45, 2.75) is 19.6 Å². The topological polar surface area (TPSA) is 55.8 Å². The van der Waals surface area contributed by atoms with Crippen LogP contribution in [0.15, 0.2) is 36.4 Å². The predicted octanol–water partition coefficient (Wildman–Crippen LogP) is 1.67. The van der Waals surface area contributed by atoms with E-state index in [4.69, 9.17) is 9.47 Å². The summed E-state index contributed by atoms with van der Waals surface area (Å²) in [6.45, 7) is 4.10. The number of benzene rings is 1. The summed E-state index contributed by atoms with van der Waals surface area (Å²) >= 11 is 0. The minimum absolute atomic E-state index is 0.171. The van der Waals surface area contributed by atoms with E-state index >= 15 is 0 Å². The fourth-order valence-corrected chi connectivity index (χ4v) is 2.28. The fraction of sp³-hybridized carbons (Fsp3) is 0.375. The molecule has 1 saturated heterocycles. The third kappa shape index (κ3) is 2.89. The van der Waals surface area contributed by atoms with Crippen molar-refractivity contribution in [1.29, 1.82) is 0 Å². The van der Waals surface area contributed by atoms with Gasteiger partial charge in [-0.2, -0.15) is 0 Å². The van der Waals surface area contributed by atoms with Crippen LogP contribution in [0.2, 0.25) is 0 Å². The zero-order valence-corrected chi connectivity index (χ0v) is 11.8. The minimum Gasteiger partial charge on any atom is -0.380 e. The molecule has 5 nitrogen and oxygen atoms in total. The van der Waals surface area contributed by atoms with E-state index in [9.17, 15) is 9.59 Å². The number of carbonyl (C=O) groups excluding carboxylic acids is 2. The van der Waals surface area contributed by atoms with Gasteiger partial charge in [0.05, 0.1) is 31.6 Å². The monoisotopic (exact) mass is 287 g/mol. The quantitative estimate of drug-likeness (QED) is 0.773. The van der Waals surface area contributed by atoms with E-state index in [0.717, 1.165) is 23.7 Å². The highest BCUT2D eigenvalue weighted by molar-refractivity contribution is 6.28. The van der Waals surface area contributed by atoms with E-state index in [1.54, 1.807) is 12.1 Å². The molecule has 0 bridgehead atoms. The van der Waals surface area contributed by atoms with Gasteiger partial charge in [-0.25, -0.2) is 4.90 Å². The van der Waals surface area contributed by atoms with Gasteiger partial charge in [0.25, 0.3) is 11.8 Å². The van der Waals surface area contributed by atoms with Crippen LogP contribution >= 0.6 is 0 Å². The lowest BCUT2D eigenvalue weighted by Crippen LogP contribution is -2.37. The highest BCUT2D eigenvalue weighted by atomic mass is 16.5. The molecule has 2 amide bonds. The van der Waals surface area contributed by atoms with Gasteiger partial charge in [-0.1, -0.05) is 12.1 Å². The molecule has 0 aliphatic carbocycles. The molecule has 1 unspecified atom stereocenters. The Labute approximate surface area is 123 Å². The molecule has 2 aliphatic rings. The Morgan fingerprint density at radius 1 is 1.19 bits per heavy atom. The van der Waals surface area contributed by atoms with Gasteiger partial charge >= 0.3 is 0 Å². The van der Waals surface area contributed by atoms with Gasteiger partial charge < -0.3 is 9.47 Å². The summed E-state index contributed by atoms with van der Waals surface area (Å²) in [4.78, 5) is 24.3. The van der Waals surface area contributed by atoms with Crippen molar-refractivity contribution in [1.82, 2.24) is 0 Å². The second-order valence-corrected chi connectivity index (χ2v) is 5.33. The largest absolute Gasteiger partial charge is 0.380 e. The molecule has 1 aromatic rings. The van der Waals surface area contributed by atoms with E-state index < -0.39 is 0 Å². The average molecular weight is 287 g/mol. The molecule has 3 rings (SSSR count). The minimum atomic E-state index is -0.303. The maximum atomic E-state index is 11.6. The molecular formula is C16H17NO4. The lowest BCUT2D eigenvalue weighted by Gasteiger charge is -2.31. The summed E-state index contributed by atoms with van der Waals surface area (Å²) in [5, 5.41) is 0. The smallest absolute Gasteiger partial charge is 0.258 e. The number of rotatable bonds is 5. The number of anilines is 1. The van der Waals surface area contributed by atoms with Gasteiger partial charge in [0.1, 0.15) is 0 Å². The van der Waals surface area contributed by atoms with Crippen LogP contribution in [0.5, 0.6) is 0 Å². The lowest BCUT2D eigenvalue weighted by atomic mass is 10.0. The number of nitrogens with zero attached hydrogens (tertiary/aromatic N) is 1. The number of amides is 2. The number of imide groups is 1. The molecule has 21 heavy (non-hydrogen) atoms. The third-order valence-corrected chi connectivity index (χ3v) is 3.84. The summed E-state index contributed by atoms with van der Waals surface area (Å²) in [5.74, 6) is -0.125. The number of hydrogen-bond acceptors (Lipinski definition) is 4. The van der Waals surface area contributed by atoms with Crippen LogP contribution in [-0.2, 0) is 25.7 Å². The summed E-state index contributed by atoms with van der Waals surface area (Å²) in [6, 6.07) is 7.27. The molecular weight excluding hydrogens is 270 g/mol. The van der Waals surface area contributed by atoms with Gasteiger partial charge in [-0.05, 0) is 24.6 Å². The van der Waals surface area contributed by atoms with E-state index in [1.807, 2.05) is 12.1 Å². The summed E-state index contributed by atoms with van der Waals surface area (Å²) in [5.41, 5.74) is 1.59. The maximum Gasteiger partial charge on any atom is 0.258 e. The Morgan fingerprint density at radius 2 is 1.81 bits per heavy atom. The van der Waals surface area contributed by atoms with Crippen LogP contribution in [0.3, 0.4) is 0 Å². The fourth-order valence-electron chi connectivity index (χ4n) is 2.28. The van der Waals surface area contributed by atoms with Crippen LogP contribution in [-0.4, -0.2) is 31.1 Å². The standard InChI is InChI=1S/C16H17NO4/c1-11(13-9-20-10-13)21-8-12-2-4-14(5-3-12)17-15(18)6-7-16(17)19/h2-7,11,13H,8-10H2,1H3. The molecule has 2 aliphatic heterocycles. The highest BCUT2D eigenvalue weighted by Gasteiger charge is 2.26. The van der Waals surface area contributed by atoms with E-state index in [1.165, 1.54) is 12.2 Å². The molecule has 0 spiro atoms. The van der Waals surface area contributed by atoms with Gasteiger partial charge in [0, 0.05) is 18.1 Å². The number of hydrogen-bond donors (Lipinski definition) is 0. The highest BCUT2D eigenvalue weighted by Crippen LogP contribution is 2.21. The first-order valence-electron chi connectivity index (χ1n) is 6.99. The first-order valence-corrected chi connectivity index (χ1v) is 6.99. The first-order chi connectivity index (χ1) is 10.1. The van der Waals surface area contributed by atoms with Gasteiger partial charge in [0.15, 0.2) is 0 Å². The molecule has 1 fully saturated rings. The van der Waals surface area contributed by atoms with E-state index in [0.29, 0.717) is 18.2 Å². The van der Waals surface area contributed by atoms with Crippen LogP contribution in [0.4, 0.5) is 5.69 Å². The second kappa shape index (κ2) is 5.79. The van der Waals surface area contributed by atoms with Crippen LogP contribution in [0, 0.1) is 5.92 Å². The molecule has 110 valence electrons. The SMILES string of the molecule is CC(OCc1ccc(N2C(=O)C=CC2=O)cc1)C1COC1. The normalized spacial score (nSPS) is 20.0. The van der Waals surface area contributed by atoms with Crippen molar-refractivity contribution in [3.63, 3.8) is 0 Å². The number of carbonyl (C=O) groups is 2. The average Bonchev–Trinajstić information content (AvgIpc) is 2.75. The van der Waals surface area contributed by atoms with Crippen molar-refractivity contribution < 1.29 is 19.1 Å².